The molecule has 0 aliphatic carbocycles. The third kappa shape index (κ3) is 5.00. The minimum absolute atomic E-state index is 0.118. The molecule has 7 heteroatoms. The second-order valence-corrected chi connectivity index (χ2v) is 5.61. The summed E-state index contributed by atoms with van der Waals surface area (Å²) < 4.78 is 42.7. The van der Waals surface area contributed by atoms with E-state index in [0.29, 0.717) is 12.6 Å². The first-order valence-corrected chi connectivity index (χ1v) is 7.25. The van der Waals surface area contributed by atoms with Crippen LogP contribution < -0.4 is 0 Å². The maximum absolute atomic E-state index is 12.0. The third-order valence-electron chi connectivity index (χ3n) is 3.77. The van der Waals surface area contributed by atoms with E-state index in [0.717, 1.165) is 37.3 Å². The van der Waals surface area contributed by atoms with Crippen molar-refractivity contribution in [1.29, 1.82) is 0 Å². The largest absolute Gasteiger partial charge is 0.411 e. The number of rotatable bonds is 6. The number of ether oxygens (including phenoxy) is 1. The molecular formula is C14H22F3N3O. The number of aryl methyl sites for hydroxylation is 2. The molecule has 1 fully saturated rings. The molecule has 120 valence electrons. The van der Waals surface area contributed by atoms with Crippen LogP contribution in [-0.2, 0) is 11.3 Å². The first-order chi connectivity index (χ1) is 9.85. The van der Waals surface area contributed by atoms with Crippen molar-refractivity contribution in [3.63, 3.8) is 0 Å². The Hall–Kier alpha value is -1.08. The van der Waals surface area contributed by atoms with Crippen molar-refractivity contribution >= 4 is 0 Å². The molecule has 0 amide bonds. The minimum Gasteiger partial charge on any atom is -0.371 e. The highest BCUT2D eigenvalue weighted by molar-refractivity contribution is 5.06. The number of hydrogen-bond acceptors (Lipinski definition) is 3. The molecule has 0 radical (unpaired) electrons. The van der Waals surface area contributed by atoms with Gasteiger partial charge in [0.15, 0.2) is 0 Å². The van der Waals surface area contributed by atoms with Gasteiger partial charge in [-0.2, -0.15) is 18.3 Å². The van der Waals surface area contributed by atoms with Gasteiger partial charge < -0.3 is 4.74 Å². The van der Waals surface area contributed by atoms with Gasteiger partial charge >= 0.3 is 6.18 Å². The van der Waals surface area contributed by atoms with Gasteiger partial charge in [0.05, 0.1) is 18.8 Å². The Kier molecular flexibility index (Phi) is 5.27. The van der Waals surface area contributed by atoms with Gasteiger partial charge in [0.2, 0.25) is 0 Å². The summed E-state index contributed by atoms with van der Waals surface area (Å²) in [4.78, 5) is 2.20. The van der Waals surface area contributed by atoms with Crippen molar-refractivity contribution in [1.82, 2.24) is 14.7 Å². The molecule has 0 N–H and O–H groups in total. The second kappa shape index (κ2) is 6.79. The molecule has 0 spiro atoms. The lowest BCUT2D eigenvalue weighted by Gasteiger charge is -2.24. The van der Waals surface area contributed by atoms with Gasteiger partial charge in [-0.15, -0.1) is 0 Å². The average molecular weight is 305 g/mol. The first kappa shape index (κ1) is 16.3. The van der Waals surface area contributed by atoms with E-state index in [1.165, 1.54) is 0 Å². The molecule has 1 aromatic heterocycles. The van der Waals surface area contributed by atoms with E-state index in [-0.39, 0.29) is 6.61 Å². The zero-order valence-corrected chi connectivity index (χ0v) is 12.5. The Labute approximate surface area is 122 Å². The first-order valence-electron chi connectivity index (χ1n) is 7.25. The Morgan fingerprint density at radius 1 is 1.38 bits per heavy atom. The second-order valence-electron chi connectivity index (χ2n) is 5.61. The number of hydrogen-bond donors (Lipinski definition) is 0. The van der Waals surface area contributed by atoms with Crippen molar-refractivity contribution in [3.05, 3.63) is 17.5 Å². The van der Waals surface area contributed by atoms with Crippen LogP contribution in [-0.4, -0.2) is 53.2 Å². The predicted molar refractivity (Wildman–Crippen MR) is 73.2 cm³/mol. The van der Waals surface area contributed by atoms with Gasteiger partial charge in [0, 0.05) is 18.3 Å². The van der Waals surface area contributed by atoms with Crippen LogP contribution in [0.2, 0.25) is 0 Å². The summed E-state index contributed by atoms with van der Waals surface area (Å²) in [7, 11) is 0. The van der Waals surface area contributed by atoms with Crippen LogP contribution >= 0.6 is 0 Å². The van der Waals surface area contributed by atoms with Crippen LogP contribution in [0.25, 0.3) is 0 Å². The van der Waals surface area contributed by atoms with E-state index in [2.05, 4.69) is 10.00 Å². The monoisotopic (exact) mass is 305 g/mol. The fourth-order valence-corrected chi connectivity index (χ4v) is 2.83. The normalized spacial score (nSPS) is 20.3. The summed E-state index contributed by atoms with van der Waals surface area (Å²) in [6.45, 7) is 5.18. The quantitative estimate of drug-likeness (QED) is 0.757. The van der Waals surface area contributed by atoms with E-state index >= 15 is 0 Å². The van der Waals surface area contributed by atoms with Crippen LogP contribution in [0.4, 0.5) is 13.2 Å². The standard InChI is InChI=1S/C14H22F3N3O/c1-11-8-12(2)20(18-11)9-13-4-3-5-19(13)6-7-21-10-14(15,16)17/h8,13H,3-7,9-10H2,1-2H3/t13-/m0/s1. The molecule has 0 bridgehead atoms. The van der Waals surface area contributed by atoms with Crippen LogP contribution in [0.5, 0.6) is 0 Å². The summed E-state index contributed by atoms with van der Waals surface area (Å²) in [6.07, 6.45) is -2.12. The van der Waals surface area contributed by atoms with Crippen molar-refractivity contribution in [3.8, 4) is 0 Å². The SMILES string of the molecule is Cc1cc(C)n(C[C@@H]2CCCN2CCOCC(F)(F)F)n1. The molecule has 2 rings (SSSR count). The number of aromatic nitrogens is 2. The molecule has 1 aliphatic heterocycles. The summed E-state index contributed by atoms with van der Waals surface area (Å²) in [5.74, 6) is 0. The van der Waals surface area contributed by atoms with Crippen molar-refractivity contribution in [2.45, 2.75) is 45.5 Å². The molecule has 1 aliphatic rings. The van der Waals surface area contributed by atoms with E-state index in [9.17, 15) is 13.2 Å². The molecular weight excluding hydrogens is 283 g/mol. The molecule has 4 nitrogen and oxygen atoms in total. The molecule has 1 atom stereocenters. The smallest absolute Gasteiger partial charge is 0.371 e. The summed E-state index contributed by atoms with van der Waals surface area (Å²) in [6, 6.07) is 2.36. The van der Waals surface area contributed by atoms with E-state index in [1.807, 2.05) is 24.6 Å². The molecule has 0 unspecified atom stereocenters. The Morgan fingerprint density at radius 2 is 2.14 bits per heavy atom. The lowest BCUT2D eigenvalue weighted by atomic mass is 10.2. The van der Waals surface area contributed by atoms with Gasteiger partial charge in [-0.3, -0.25) is 9.58 Å². The summed E-state index contributed by atoms with van der Waals surface area (Å²) in [5.41, 5.74) is 2.11. The van der Waals surface area contributed by atoms with Crippen LogP contribution in [0.15, 0.2) is 6.07 Å². The molecule has 21 heavy (non-hydrogen) atoms. The maximum Gasteiger partial charge on any atom is 0.411 e. The highest BCUT2D eigenvalue weighted by Gasteiger charge is 2.28. The maximum atomic E-state index is 12.0. The third-order valence-corrected chi connectivity index (χ3v) is 3.77. The highest BCUT2D eigenvalue weighted by Crippen LogP contribution is 2.20. The number of likely N-dealkylation sites (tertiary alicyclic amines) is 1. The Balaban J connectivity index is 1.79. The van der Waals surface area contributed by atoms with Gasteiger partial charge in [0.1, 0.15) is 6.61 Å². The van der Waals surface area contributed by atoms with Crippen LogP contribution in [0.1, 0.15) is 24.2 Å². The summed E-state index contributed by atoms with van der Waals surface area (Å²) >= 11 is 0. The van der Waals surface area contributed by atoms with E-state index < -0.39 is 12.8 Å². The fraction of sp³-hybridized carbons (Fsp3) is 0.786. The van der Waals surface area contributed by atoms with Gasteiger partial charge in [-0.1, -0.05) is 0 Å². The fourth-order valence-electron chi connectivity index (χ4n) is 2.83. The minimum atomic E-state index is -4.24. The Bertz CT molecular complexity index is 459. The van der Waals surface area contributed by atoms with Crippen LogP contribution in [0, 0.1) is 13.8 Å². The molecule has 1 aromatic rings. The van der Waals surface area contributed by atoms with Gasteiger partial charge in [-0.25, -0.2) is 0 Å². The zero-order valence-electron chi connectivity index (χ0n) is 12.5. The van der Waals surface area contributed by atoms with Crippen molar-refractivity contribution < 1.29 is 17.9 Å². The average Bonchev–Trinajstić information content (AvgIpc) is 2.92. The van der Waals surface area contributed by atoms with E-state index in [1.54, 1.807) is 0 Å². The van der Waals surface area contributed by atoms with Crippen molar-refractivity contribution in [2.24, 2.45) is 0 Å². The molecule has 2 heterocycles. The molecule has 1 saturated heterocycles. The lowest BCUT2D eigenvalue weighted by molar-refractivity contribution is -0.174. The highest BCUT2D eigenvalue weighted by atomic mass is 19.4. The number of nitrogens with zero attached hydrogens (tertiary/aromatic N) is 3. The summed E-state index contributed by atoms with van der Waals surface area (Å²) in [5, 5.41) is 4.45. The topological polar surface area (TPSA) is 30.3 Å². The van der Waals surface area contributed by atoms with Crippen molar-refractivity contribution in [2.75, 3.05) is 26.3 Å². The van der Waals surface area contributed by atoms with Crippen LogP contribution in [0.3, 0.4) is 0 Å². The number of alkyl halides is 3. The van der Waals surface area contributed by atoms with Gasteiger partial charge in [0.25, 0.3) is 0 Å². The van der Waals surface area contributed by atoms with E-state index in [4.69, 9.17) is 4.74 Å². The lowest BCUT2D eigenvalue weighted by Crippen LogP contribution is -2.36. The van der Waals surface area contributed by atoms with Gasteiger partial charge in [-0.05, 0) is 39.3 Å². The Morgan fingerprint density at radius 3 is 2.76 bits per heavy atom. The molecule has 0 saturated carbocycles. The predicted octanol–water partition coefficient (Wildman–Crippen LogP) is 2.54. The number of halogens is 3. The molecule has 0 aromatic carbocycles. The zero-order chi connectivity index (χ0) is 15.5.